The van der Waals surface area contributed by atoms with Gasteiger partial charge in [0.2, 0.25) is 0 Å². The van der Waals surface area contributed by atoms with Crippen molar-refractivity contribution in [2.75, 3.05) is 0 Å². The third-order valence-corrected chi connectivity index (χ3v) is 5.01. The molecule has 4 rings (SSSR count). The van der Waals surface area contributed by atoms with Crippen molar-refractivity contribution in [3.8, 4) is 0 Å². The standard InChI is InChI=1S/C24H21NO/c1-24(26,21-15-14-18-9-5-6-12-20(18)17-21)23(19-10-3-2-4-11-19)22-13-7-8-16-25-22/h2-17,23,26H,1H3/t23-,24+/m0/s1. The molecule has 0 aliphatic heterocycles. The van der Waals surface area contributed by atoms with E-state index in [2.05, 4.69) is 41.4 Å². The molecule has 0 saturated carbocycles. The van der Waals surface area contributed by atoms with E-state index in [-0.39, 0.29) is 5.92 Å². The van der Waals surface area contributed by atoms with E-state index in [9.17, 15) is 5.11 Å². The number of aliphatic hydroxyl groups is 1. The summed E-state index contributed by atoms with van der Waals surface area (Å²) in [6.45, 7) is 1.88. The summed E-state index contributed by atoms with van der Waals surface area (Å²) in [6, 6.07) is 30.3. The highest BCUT2D eigenvalue weighted by molar-refractivity contribution is 5.83. The second kappa shape index (κ2) is 6.74. The van der Waals surface area contributed by atoms with E-state index in [1.165, 1.54) is 5.39 Å². The molecular formula is C24H21NO. The molecule has 0 amide bonds. The Morgan fingerprint density at radius 2 is 1.46 bits per heavy atom. The SMILES string of the molecule is C[C@@](O)(c1ccc2ccccc2c1)[C@@H](c1ccccc1)c1ccccn1. The van der Waals surface area contributed by atoms with E-state index >= 15 is 0 Å². The van der Waals surface area contributed by atoms with Gasteiger partial charge >= 0.3 is 0 Å². The molecule has 0 aliphatic rings. The lowest BCUT2D eigenvalue weighted by Gasteiger charge is -2.34. The van der Waals surface area contributed by atoms with Crippen LogP contribution in [-0.4, -0.2) is 10.1 Å². The fraction of sp³-hybridized carbons (Fsp3) is 0.125. The van der Waals surface area contributed by atoms with Crippen molar-refractivity contribution in [3.63, 3.8) is 0 Å². The monoisotopic (exact) mass is 339 g/mol. The Hall–Kier alpha value is -2.97. The smallest absolute Gasteiger partial charge is 0.0992 e. The summed E-state index contributed by atoms with van der Waals surface area (Å²) in [4.78, 5) is 4.55. The van der Waals surface area contributed by atoms with Gasteiger partial charge in [-0.3, -0.25) is 4.98 Å². The third-order valence-electron chi connectivity index (χ3n) is 5.01. The Bertz CT molecular complexity index is 970. The molecule has 2 heteroatoms. The van der Waals surface area contributed by atoms with E-state index in [4.69, 9.17) is 0 Å². The minimum Gasteiger partial charge on any atom is -0.384 e. The second-order valence-corrected chi connectivity index (χ2v) is 6.81. The number of hydrogen-bond donors (Lipinski definition) is 1. The fourth-order valence-corrected chi connectivity index (χ4v) is 3.65. The Kier molecular flexibility index (Phi) is 4.27. The van der Waals surface area contributed by atoms with Gasteiger partial charge in [-0.1, -0.05) is 72.8 Å². The maximum absolute atomic E-state index is 11.7. The van der Waals surface area contributed by atoms with Gasteiger partial charge in [0.15, 0.2) is 0 Å². The minimum atomic E-state index is -1.10. The van der Waals surface area contributed by atoms with Crippen molar-refractivity contribution in [1.29, 1.82) is 0 Å². The van der Waals surface area contributed by atoms with Gasteiger partial charge in [0.05, 0.1) is 17.2 Å². The molecule has 0 saturated heterocycles. The molecule has 0 radical (unpaired) electrons. The maximum atomic E-state index is 11.7. The summed E-state index contributed by atoms with van der Waals surface area (Å²) in [5.74, 6) is -0.258. The average molecular weight is 339 g/mol. The molecule has 4 aromatic rings. The zero-order valence-corrected chi connectivity index (χ0v) is 14.7. The molecule has 0 fully saturated rings. The number of nitrogens with zero attached hydrogens (tertiary/aromatic N) is 1. The van der Waals surface area contributed by atoms with Gasteiger partial charge in [-0.05, 0) is 47.0 Å². The van der Waals surface area contributed by atoms with Crippen molar-refractivity contribution in [1.82, 2.24) is 4.98 Å². The van der Waals surface area contributed by atoms with Crippen LogP contribution in [0.25, 0.3) is 10.8 Å². The van der Waals surface area contributed by atoms with E-state index in [1.807, 2.05) is 61.5 Å². The van der Waals surface area contributed by atoms with Gasteiger partial charge in [0.1, 0.15) is 0 Å². The van der Waals surface area contributed by atoms with E-state index in [0.717, 1.165) is 22.2 Å². The molecular weight excluding hydrogens is 318 g/mol. The van der Waals surface area contributed by atoms with Gasteiger partial charge in [0, 0.05) is 6.20 Å². The molecule has 3 aromatic carbocycles. The van der Waals surface area contributed by atoms with Crippen molar-refractivity contribution >= 4 is 10.8 Å². The van der Waals surface area contributed by atoms with Crippen LogP contribution in [0.5, 0.6) is 0 Å². The Morgan fingerprint density at radius 3 is 2.19 bits per heavy atom. The van der Waals surface area contributed by atoms with Crippen LogP contribution < -0.4 is 0 Å². The Labute approximate surface area is 153 Å². The van der Waals surface area contributed by atoms with Crippen molar-refractivity contribution in [3.05, 3.63) is 114 Å². The normalized spacial score (nSPS) is 14.7. The number of hydrogen-bond acceptors (Lipinski definition) is 2. The van der Waals surface area contributed by atoms with E-state index in [0.29, 0.717) is 0 Å². The largest absolute Gasteiger partial charge is 0.384 e. The van der Waals surface area contributed by atoms with Gasteiger partial charge < -0.3 is 5.11 Å². The van der Waals surface area contributed by atoms with Crippen molar-refractivity contribution in [2.24, 2.45) is 0 Å². The minimum absolute atomic E-state index is 0.258. The van der Waals surface area contributed by atoms with Crippen LogP contribution in [0.15, 0.2) is 97.2 Å². The lowest BCUT2D eigenvalue weighted by atomic mass is 9.76. The van der Waals surface area contributed by atoms with Crippen LogP contribution in [0, 0.1) is 0 Å². The molecule has 0 bridgehead atoms. The maximum Gasteiger partial charge on any atom is 0.0992 e. The molecule has 1 N–H and O–H groups in total. The van der Waals surface area contributed by atoms with Gasteiger partial charge in [-0.15, -0.1) is 0 Å². The van der Waals surface area contributed by atoms with Gasteiger partial charge in [-0.25, -0.2) is 0 Å². The molecule has 0 unspecified atom stereocenters. The number of fused-ring (bicyclic) bond motifs is 1. The summed E-state index contributed by atoms with van der Waals surface area (Å²) in [6.07, 6.45) is 1.78. The van der Waals surface area contributed by atoms with Crippen LogP contribution in [0.1, 0.15) is 29.7 Å². The molecule has 128 valence electrons. The first kappa shape index (κ1) is 16.5. The second-order valence-electron chi connectivity index (χ2n) is 6.81. The van der Waals surface area contributed by atoms with Crippen LogP contribution in [0.3, 0.4) is 0 Å². The zero-order valence-electron chi connectivity index (χ0n) is 14.7. The molecule has 26 heavy (non-hydrogen) atoms. The molecule has 0 aliphatic carbocycles. The zero-order chi connectivity index (χ0) is 18.0. The number of aromatic nitrogens is 1. The molecule has 0 spiro atoms. The molecule has 2 atom stereocenters. The quantitative estimate of drug-likeness (QED) is 0.549. The lowest BCUT2D eigenvalue weighted by Crippen LogP contribution is -2.31. The van der Waals surface area contributed by atoms with Crippen LogP contribution in [0.2, 0.25) is 0 Å². The Balaban J connectivity index is 1.87. The highest BCUT2D eigenvalue weighted by atomic mass is 16.3. The summed E-state index contributed by atoms with van der Waals surface area (Å²) in [7, 11) is 0. The summed E-state index contributed by atoms with van der Waals surface area (Å²) < 4.78 is 0. The summed E-state index contributed by atoms with van der Waals surface area (Å²) in [5, 5.41) is 14.0. The number of rotatable bonds is 4. The van der Waals surface area contributed by atoms with Gasteiger partial charge in [-0.2, -0.15) is 0 Å². The van der Waals surface area contributed by atoms with Crippen molar-refractivity contribution < 1.29 is 5.11 Å². The first-order chi connectivity index (χ1) is 12.7. The number of benzene rings is 3. The van der Waals surface area contributed by atoms with Crippen LogP contribution in [0.4, 0.5) is 0 Å². The van der Waals surface area contributed by atoms with Gasteiger partial charge in [0.25, 0.3) is 0 Å². The highest BCUT2D eigenvalue weighted by Gasteiger charge is 2.37. The summed E-state index contributed by atoms with van der Waals surface area (Å²) >= 11 is 0. The topological polar surface area (TPSA) is 33.1 Å². The van der Waals surface area contributed by atoms with Crippen LogP contribution in [-0.2, 0) is 5.60 Å². The van der Waals surface area contributed by atoms with Crippen molar-refractivity contribution in [2.45, 2.75) is 18.4 Å². The third kappa shape index (κ3) is 3.00. The molecule has 1 aromatic heterocycles. The molecule has 1 heterocycles. The first-order valence-electron chi connectivity index (χ1n) is 8.84. The number of pyridine rings is 1. The lowest BCUT2D eigenvalue weighted by molar-refractivity contribution is 0.0382. The predicted molar refractivity (Wildman–Crippen MR) is 106 cm³/mol. The fourth-order valence-electron chi connectivity index (χ4n) is 3.65. The van der Waals surface area contributed by atoms with E-state index < -0.39 is 5.60 Å². The summed E-state index contributed by atoms with van der Waals surface area (Å²) in [5.41, 5.74) is 1.69. The van der Waals surface area contributed by atoms with E-state index in [1.54, 1.807) is 6.20 Å². The average Bonchev–Trinajstić information content (AvgIpc) is 2.69. The Morgan fingerprint density at radius 1 is 0.769 bits per heavy atom. The predicted octanol–water partition coefficient (Wildman–Crippen LogP) is 5.27. The van der Waals surface area contributed by atoms with Crippen LogP contribution >= 0.6 is 0 Å². The molecule has 2 nitrogen and oxygen atoms in total. The first-order valence-corrected chi connectivity index (χ1v) is 8.84. The highest BCUT2D eigenvalue weighted by Crippen LogP contribution is 2.41.